The summed E-state index contributed by atoms with van der Waals surface area (Å²) < 4.78 is 6.68. The number of methoxy groups -OCH3 is 1. The van der Waals surface area contributed by atoms with E-state index >= 15 is 0 Å². The van der Waals surface area contributed by atoms with Gasteiger partial charge in [-0.3, -0.25) is 14.4 Å². The second-order valence-electron chi connectivity index (χ2n) is 11.5. The van der Waals surface area contributed by atoms with E-state index in [-0.39, 0.29) is 24.3 Å². The number of fused-ring (bicyclic) bond motifs is 1. The summed E-state index contributed by atoms with van der Waals surface area (Å²) in [7, 11) is 1.32. The second kappa shape index (κ2) is 14.4. The Kier molecular flexibility index (Phi) is 10.7. The molecule has 1 aliphatic rings. The molecule has 1 fully saturated rings. The van der Waals surface area contributed by atoms with Gasteiger partial charge in [-0.15, -0.1) is 0 Å². The van der Waals surface area contributed by atoms with Gasteiger partial charge in [-0.25, -0.2) is 0 Å². The first-order valence-corrected chi connectivity index (χ1v) is 15.2. The van der Waals surface area contributed by atoms with Crippen LogP contribution in [0.15, 0.2) is 48.7 Å². The summed E-state index contributed by atoms with van der Waals surface area (Å²) in [5.74, 6) is -0.720. The van der Waals surface area contributed by atoms with Gasteiger partial charge in [-0.1, -0.05) is 50.5 Å². The number of esters is 1. The molecule has 1 saturated carbocycles. The molecule has 1 amide bonds. The summed E-state index contributed by atoms with van der Waals surface area (Å²) >= 11 is 0. The third kappa shape index (κ3) is 7.64. The topological polar surface area (TPSA) is 80.1 Å². The van der Waals surface area contributed by atoms with Crippen molar-refractivity contribution in [3.63, 3.8) is 0 Å². The summed E-state index contributed by atoms with van der Waals surface area (Å²) in [6.45, 7) is 6.80. The highest BCUT2D eigenvalue weighted by molar-refractivity contribution is 6.10. The lowest BCUT2D eigenvalue weighted by molar-refractivity contribution is -0.141. The Hall–Kier alpha value is -3.45. The van der Waals surface area contributed by atoms with Crippen LogP contribution in [-0.4, -0.2) is 59.2 Å². The maximum Gasteiger partial charge on any atom is 0.325 e. The molecule has 0 aliphatic heterocycles. The Balaban J connectivity index is 1.53. The van der Waals surface area contributed by atoms with Crippen LogP contribution in [-0.2, 0) is 22.4 Å². The molecule has 0 bridgehead atoms. The number of benzene rings is 1. The third-order valence-corrected chi connectivity index (χ3v) is 8.17. The fourth-order valence-corrected chi connectivity index (χ4v) is 5.73. The average molecular weight is 560 g/mol. The van der Waals surface area contributed by atoms with Crippen LogP contribution in [0.2, 0.25) is 0 Å². The van der Waals surface area contributed by atoms with E-state index in [2.05, 4.69) is 24.4 Å². The van der Waals surface area contributed by atoms with Crippen molar-refractivity contribution >= 4 is 23.2 Å². The number of hydrogen-bond donors (Lipinski definition) is 1. The zero-order valence-corrected chi connectivity index (χ0v) is 25.1. The van der Waals surface area contributed by atoms with Gasteiger partial charge in [0.25, 0.3) is 5.91 Å². The molecule has 0 saturated heterocycles. The smallest absolute Gasteiger partial charge is 0.325 e. The maximum atomic E-state index is 13.8. The van der Waals surface area contributed by atoms with Crippen molar-refractivity contribution in [2.45, 2.75) is 90.6 Å². The van der Waals surface area contributed by atoms with Crippen molar-refractivity contribution in [2.75, 3.05) is 20.2 Å². The number of carbonyl (C=O) groups is 3. The molecule has 41 heavy (non-hydrogen) atoms. The second-order valence-corrected chi connectivity index (χ2v) is 11.5. The van der Waals surface area contributed by atoms with E-state index in [1.54, 1.807) is 12.3 Å². The molecule has 0 atom stereocenters. The lowest BCUT2D eigenvalue weighted by Gasteiger charge is -2.25. The summed E-state index contributed by atoms with van der Waals surface area (Å²) in [6, 6.07) is 14.1. The van der Waals surface area contributed by atoms with Crippen LogP contribution < -0.4 is 5.32 Å². The van der Waals surface area contributed by atoms with Crippen molar-refractivity contribution in [3.8, 4) is 0 Å². The monoisotopic (exact) mass is 559 g/mol. The van der Waals surface area contributed by atoms with Gasteiger partial charge in [-0.2, -0.15) is 0 Å². The minimum absolute atomic E-state index is 0.0147. The van der Waals surface area contributed by atoms with Crippen LogP contribution in [0.25, 0.3) is 5.52 Å². The lowest BCUT2D eigenvalue weighted by atomic mass is 10.00. The Labute approximate surface area is 244 Å². The number of carbonyl (C=O) groups excluding carboxylic acids is 3. The zero-order valence-electron chi connectivity index (χ0n) is 25.1. The van der Waals surface area contributed by atoms with E-state index in [0.29, 0.717) is 22.9 Å². The molecule has 2 aromatic heterocycles. The zero-order chi connectivity index (χ0) is 29.4. The number of unbranched alkanes of at least 4 members (excludes halogenated alkanes) is 1. The standard InChI is InChI=1S/C34H45N3O4/c1-5-6-11-27-21-30-22-28(34(40)37(24(2)3)23-31(38)41-4)18-20-36(30)32(27)33(39)26-16-14-25(15-17-26)10-9-19-35-29-12-7-8-13-29/h14-18,20-22,24,29,35H,5-13,19,23H2,1-4H3. The number of ketones is 1. The lowest BCUT2D eigenvalue weighted by Crippen LogP contribution is -2.41. The number of aryl methyl sites for hydroxylation is 2. The molecule has 3 aromatic rings. The van der Waals surface area contributed by atoms with Crippen molar-refractivity contribution in [1.82, 2.24) is 14.6 Å². The molecule has 1 aliphatic carbocycles. The van der Waals surface area contributed by atoms with E-state index in [1.807, 2.05) is 42.5 Å². The summed E-state index contributed by atoms with van der Waals surface area (Å²) in [5, 5.41) is 3.67. The van der Waals surface area contributed by atoms with Gasteiger partial charge in [-0.05, 0) is 88.2 Å². The predicted molar refractivity (Wildman–Crippen MR) is 163 cm³/mol. The van der Waals surface area contributed by atoms with Crippen LogP contribution in [0.1, 0.15) is 103 Å². The first-order chi connectivity index (χ1) is 19.8. The van der Waals surface area contributed by atoms with Crippen molar-refractivity contribution in [1.29, 1.82) is 0 Å². The normalized spacial score (nSPS) is 13.7. The number of hydrogen-bond acceptors (Lipinski definition) is 5. The van der Waals surface area contributed by atoms with Crippen LogP contribution in [0.3, 0.4) is 0 Å². The molecule has 220 valence electrons. The summed E-state index contributed by atoms with van der Waals surface area (Å²) in [6.07, 6.45) is 11.9. The quantitative estimate of drug-likeness (QED) is 0.149. The van der Waals surface area contributed by atoms with Crippen LogP contribution in [0.5, 0.6) is 0 Å². The van der Waals surface area contributed by atoms with E-state index in [0.717, 1.165) is 49.7 Å². The Morgan fingerprint density at radius 2 is 1.73 bits per heavy atom. The van der Waals surface area contributed by atoms with Crippen LogP contribution in [0.4, 0.5) is 0 Å². The molecular formula is C34H45N3O4. The largest absolute Gasteiger partial charge is 0.468 e. The van der Waals surface area contributed by atoms with E-state index in [4.69, 9.17) is 4.74 Å². The Morgan fingerprint density at radius 1 is 1.00 bits per heavy atom. The average Bonchev–Trinajstić information content (AvgIpc) is 3.63. The molecule has 1 N–H and O–H groups in total. The number of amides is 1. The Bertz CT molecular complexity index is 1340. The van der Waals surface area contributed by atoms with Gasteiger partial charge in [0.05, 0.1) is 12.8 Å². The number of rotatable bonds is 14. The number of ether oxygens (including phenoxy) is 1. The fourth-order valence-electron chi connectivity index (χ4n) is 5.73. The van der Waals surface area contributed by atoms with Crippen molar-refractivity contribution in [2.24, 2.45) is 0 Å². The van der Waals surface area contributed by atoms with Crippen molar-refractivity contribution in [3.05, 3.63) is 76.6 Å². The van der Waals surface area contributed by atoms with Crippen molar-refractivity contribution < 1.29 is 19.1 Å². The van der Waals surface area contributed by atoms with Gasteiger partial charge in [0.1, 0.15) is 6.54 Å². The SMILES string of the molecule is CCCCc1cc2cc(C(=O)N(CC(=O)OC)C(C)C)ccn2c1C(=O)c1ccc(CCCNC2CCCC2)cc1. The first kappa shape index (κ1) is 30.5. The van der Waals surface area contributed by atoms with Gasteiger partial charge in [0, 0.05) is 34.9 Å². The van der Waals surface area contributed by atoms with E-state index in [9.17, 15) is 14.4 Å². The molecule has 0 unspecified atom stereocenters. The van der Waals surface area contributed by atoms with Crippen LogP contribution in [0, 0.1) is 0 Å². The first-order valence-electron chi connectivity index (χ1n) is 15.2. The minimum Gasteiger partial charge on any atom is -0.468 e. The number of pyridine rings is 1. The van der Waals surface area contributed by atoms with E-state index < -0.39 is 5.97 Å². The minimum atomic E-state index is -0.461. The highest BCUT2D eigenvalue weighted by atomic mass is 16.5. The van der Waals surface area contributed by atoms with Gasteiger partial charge in [0.2, 0.25) is 5.78 Å². The molecular weight excluding hydrogens is 514 g/mol. The maximum absolute atomic E-state index is 13.8. The molecule has 7 heteroatoms. The van der Waals surface area contributed by atoms with Crippen LogP contribution >= 0.6 is 0 Å². The third-order valence-electron chi connectivity index (χ3n) is 8.17. The Morgan fingerprint density at radius 3 is 2.39 bits per heavy atom. The number of aromatic nitrogens is 1. The molecule has 1 aromatic carbocycles. The summed E-state index contributed by atoms with van der Waals surface area (Å²) in [5.41, 5.74) is 4.81. The highest BCUT2D eigenvalue weighted by Gasteiger charge is 2.24. The molecule has 7 nitrogen and oxygen atoms in total. The fraction of sp³-hybridized carbons (Fsp3) is 0.500. The van der Waals surface area contributed by atoms with Gasteiger partial charge < -0.3 is 19.4 Å². The highest BCUT2D eigenvalue weighted by Crippen LogP contribution is 2.24. The number of nitrogens with one attached hydrogen (secondary N) is 1. The molecule has 0 radical (unpaired) electrons. The predicted octanol–water partition coefficient (Wildman–Crippen LogP) is 6.00. The van der Waals surface area contributed by atoms with Gasteiger partial charge in [0.15, 0.2) is 0 Å². The molecule has 0 spiro atoms. The number of nitrogens with zero attached hydrogens (tertiary/aromatic N) is 2. The molecule has 4 rings (SSSR count). The summed E-state index contributed by atoms with van der Waals surface area (Å²) in [4.78, 5) is 40.6. The van der Waals surface area contributed by atoms with Gasteiger partial charge >= 0.3 is 5.97 Å². The van der Waals surface area contributed by atoms with E-state index in [1.165, 1.54) is 43.3 Å². The molecule has 2 heterocycles.